The van der Waals surface area contributed by atoms with Crippen molar-refractivity contribution in [1.82, 2.24) is 0 Å². The van der Waals surface area contributed by atoms with E-state index in [-0.39, 0.29) is 0 Å². The molecule has 11 aromatic carbocycles. The van der Waals surface area contributed by atoms with Gasteiger partial charge in [-0.25, -0.2) is 0 Å². The Morgan fingerprint density at radius 1 is 0.293 bits per heavy atom. The number of fused-ring (bicyclic) bond motifs is 14. The van der Waals surface area contributed by atoms with Crippen LogP contribution < -0.4 is 0 Å². The number of hydrogen-bond acceptors (Lipinski definition) is 1. The van der Waals surface area contributed by atoms with Crippen molar-refractivity contribution in [3.05, 3.63) is 216 Å². The molecule has 2 aliphatic carbocycles. The van der Waals surface area contributed by atoms with Crippen LogP contribution in [0, 0.1) is 0 Å². The first-order valence-corrected chi connectivity index (χ1v) is 20.2. The SMILES string of the molecule is c1ccc2c(c1)-c1ccccc1C21c2cc3ccccc3cc2-c2c(-c3ccc4c(c3)oc3ccccc34)cc(-c3ccc4ccc5cccc6ccc3c4c56)cc21. The molecule has 1 nitrogen and oxygen atoms in total. The van der Waals surface area contributed by atoms with E-state index in [1.54, 1.807) is 0 Å². The molecule has 14 rings (SSSR count). The minimum Gasteiger partial charge on any atom is -0.456 e. The summed E-state index contributed by atoms with van der Waals surface area (Å²) >= 11 is 0. The number of rotatable bonds is 2. The largest absolute Gasteiger partial charge is 0.456 e. The van der Waals surface area contributed by atoms with E-state index in [4.69, 9.17) is 4.42 Å². The van der Waals surface area contributed by atoms with Crippen molar-refractivity contribution in [3.63, 3.8) is 0 Å². The summed E-state index contributed by atoms with van der Waals surface area (Å²) in [6.07, 6.45) is 0. The first kappa shape index (κ1) is 30.7. The third-order valence-electron chi connectivity index (χ3n) is 13.6. The average molecular weight is 733 g/mol. The predicted molar refractivity (Wildman–Crippen MR) is 242 cm³/mol. The lowest BCUT2D eigenvalue weighted by Crippen LogP contribution is -2.26. The van der Waals surface area contributed by atoms with Gasteiger partial charge in [-0.1, -0.05) is 152 Å². The topological polar surface area (TPSA) is 13.1 Å². The van der Waals surface area contributed by atoms with Crippen molar-refractivity contribution < 1.29 is 4.42 Å². The zero-order chi connectivity index (χ0) is 37.7. The fourth-order valence-electron chi connectivity index (χ4n) is 11.2. The lowest BCUT2D eigenvalue weighted by Gasteiger charge is -2.31. The highest BCUT2D eigenvalue weighted by Crippen LogP contribution is 2.65. The summed E-state index contributed by atoms with van der Waals surface area (Å²) in [7, 11) is 0. The number of furan rings is 1. The Morgan fingerprint density at radius 2 is 0.914 bits per heavy atom. The average Bonchev–Trinajstić information content (AvgIpc) is 3.90. The Labute approximate surface area is 334 Å². The molecule has 0 bridgehead atoms. The molecule has 0 aliphatic heterocycles. The second-order valence-corrected chi connectivity index (χ2v) is 16.3. The van der Waals surface area contributed by atoms with Gasteiger partial charge in [0.15, 0.2) is 0 Å². The highest BCUT2D eigenvalue weighted by Gasteiger charge is 2.52. The molecule has 0 radical (unpaired) electrons. The van der Waals surface area contributed by atoms with Crippen LogP contribution >= 0.6 is 0 Å². The van der Waals surface area contributed by atoms with Crippen LogP contribution in [0.2, 0.25) is 0 Å². The Kier molecular flexibility index (Phi) is 5.76. The molecular formula is C57H32O. The fraction of sp³-hybridized carbons (Fsp3) is 0.0175. The summed E-state index contributed by atoms with van der Waals surface area (Å²) in [4.78, 5) is 0. The number of hydrogen-bond donors (Lipinski definition) is 0. The second-order valence-electron chi connectivity index (χ2n) is 16.3. The quantitative estimate of drug-likeness (QED) is 0.161. The van der Waals surface area contributed by atoms with Crippen molar-refractivity contribution in [1.29, 1.82) is 0 Å². The van der Waals surface area contributed by atoms with Crippen LogP contribution in [0.5, 0.6) is 0 Å². The van der Waals surface area contributed by atoms with Gasteiger partial charge in [0, 0.05) is 10.8 Å². The Hall–Kier alpha value is -7.48. The predicted octanol–water partition coefficient (Wildman–Crippen LogP) is 15.3. The molecule has 2 aliphatic rings. The molecule has 12 aromatic rings. The van der Waals surface area contributed by atoms with E-state index in [0.717, 1.165) is 27.5 Å². The van der Waals surface area contributed by atoms with Gasteiger partial charge >= 0.3 is 0 Å². The van der Waals surface area contributed by atoms with Gasteiger partial charge in [0.2, 0.25) is 0 Å². The molecule has 0 fully saturated rings. The van der Waals surface area contributed by atoms with E-state index in [9.17, 15) is 0 Å². The molecule has 0 N–H and O–H groups in total. The summed E-state index contributed by atoms with van der Waals surface area (Å²) < 4.78 is 6.59. The van der Waals surface area contributed by atoms with E-state index in [1.807, 2.05) is 0 Å². The van der Waals surface area contributed by atoms with E-state index >= 15 is 0 Å². The van der Waals surface area contributed by atoms with Gasteiger partial charge in [0.1, 0.15) is 11.2 Å². The second kappa shape index (κ2) is 10.9. The van der Waals surface area contributed by atoms with Gasteiger partial charge < -0.3 is 4.42 Å². The summed E-state index contributed by atoms with van der Waals surface area (Å²) in [5, 5.41) is 12.6. The fourth-order valence-corrected chi connectivity index (χ4v) is 11.2. The van der Waals surface area contributed by atoms with E-state index in [2.05, 4.69) is 194 Å². The molecule has 266 valence electrons. The molecule has 1 aromatic heterocycles. The van der Waals surface area contributed by atoms with E-state index < -0.39 is 5.41 Å². The van der Waals surface area contributed by atoms with Crippen molar-refractivity contribution in [3.8, 4) is 44.5 Å². The third-order valence-corrected chi connectivity index (χ3v) is 13.6. The van der Waals surface area contributed by atoms with Gasteiger partial charge in [-0.3, -0.25) is 0 Å². The van der Waals surface area contributed by atoms with Crippen LogP contribution in [0.15, 0.2) is 199 Å². The Bertz CT molecular complexity index is 3690. The summed E-state index contributed by atoms with van der Waals surface area (Å²) in [6.45, 7) is 0. The lowest BCUT2D eigenvalue weighted by molar-refractivity contribution is 0.669. The molecule has 0 amide bonds. The molecule has 0 unspecified atom stereocenters. The van der Waals surface area contributed by atoms with Crippen molar-refractivity contribution >= 4 is 65.0 Å². The summed E-state index contributed by atoms with van der Waals surface area (Å²) in [5.41, 5.74) is 16.7. The van der Waals surface area contributed by atoms with Gasteiger partial charge in [-0.2, -0.15) is 0 Å². The minimum absolute atomic E-state index is 0.514. The van der Waals surface area contributed by atoms with Crippen LogP contribution in [0.3, 0.4) is 0 Å². The Balaban J connectivity index is 1.16. The number of para-hydroxylation sites is 1. The van der Waals surface area contributed by atoms with Crippen LogP contribution in [0.25, 0.3) is 110 Å². The monoisotopic (exact) mass is 732 g/mol. The number of benzene rings is 11. The molecule has 1 heteroatoms. The maximum absolute atomic E-state index is 6.59. The minimum atomic E-state index is -0.514. The third kappa shape index (κ3) is 3.77. The molecule has 0 saturated carbocycles. The van der Waals surface area contributed by atoms with Crippen LogP contribution in [-0.4, -0.2) is 0 Å². The van der Waals surface area contributed by atoms with Crippen molar-refractivity contribution in [2.75, 3.05) is 0 Å². The van der Waals surface area contributed by atoms with Gasteiger partial charge in [0.05, 0.1) is 5.41 Å². The molecule has 1 spiro atoms. The normalized spacial score (nSPS) is 13.7. The van der Waals surface area contributed by atoms with Crippen molar-refractivity contribution in [2.24, 2.45) is 0 Å². The Morgan fingerprint density at radius 3 is 1.72 bits per heavy atom. The van der Waals surface area contributed by atoms with Crippen LogP contribution in [0.1, 0.15) is 22.3 Å². The highest BCUT2D eigenvalue weighted by atomic mass is 16.3. The lowest BCUT2D eigenvalue weighted by atomic mass is 9.69. The van der Waals surface area contributed by atoms with Crippen molar-refractivity contribution in [2.45, 2.75) is 5.41 Å². The zero-order valence-corrected chi connectivity index (χ0v) is 31.4. The standard InChI is InChI=1S/C57H32O/c1-2-11-37-30-50-47(28-36(37)10-1)56-46(38-24-26-44-43-16-5-8-19-52(43)58-53(44)32-38)29-39(31-51(56)57(50)48-17-6-3-14-41(48)42-15-4-7-18-49(42)57)40-25-22-35-21-20-33-12-9-13-34-23-27-45(40)55(35)54(33)34/h1-32H. The highest BCUT2D eigenvalue weighted by molar-refractivity contribution is 6.25. The smallest absolute Gasteiger partial charge is 0.136 e. The first-order chi connectivity index (χ1) is 28.7. The summed E-state index contributed by atoms with van der Waals surface area (Å²) in [6, 6.07) is 72.9. The van der Waals surface area contributed by atoms with Gasteiger partial charge in [-0.15, -0.1) is 0 Å². The summed E-state index contributed by atoms with van der Waals surface area (Å²) in [5.74, 6) is 0. The first-order valence-electron chi connectivity index (χ1n) is 20.2. The molecule has 1 heterocycles. The zero-order valence-electron chi connectivity index (χ0n) is 31.4. The van der Waals surface area contributed by atoms with E-state index in [0.29, 0.717) is 0 Å². The van der Waals surface area contributed by atoms with E-state index in [1.165, 1.54) is 104 Å². The van der Waals surface area contributed by atoms with Gasteiger partial charge in [-0.05, 0) is 152 Å². The molecule has 58 heavy (non-hydrogen) atoms. The molecule has 0 saturated heterocycles. The van der Waals surface area contributed by atoms with Crippen LogP contribution in [-0.2, 0) is 5.41 Å². The maximum Gasteiger partial charge on any atom is 0.136 e. The van der Waals surface area contributed by atoms with Crippen LogP contribution in [0.4, 0.5) is 0 Å². The van der Waals surface area contributed by atoms with Gasteiger partial charge in [0.25, 0.3) is 0 Å². The molecule has 0 atom stereocenters. The maximum atomic E-state index is 6.59. The molecular weight excluding hydrogens is 701 g/mol.